The molecule has 0 saturated carbocycles. The molecular weight excluding hydrogens is 346 g/mol. The van der Waals surface area contributed by atoms with Crippen LogP contribution in [0.25, 0.3) is 0 Å². The van der Waals surface area contributed by atoms with E-state index < -0.39 is 0 Å². The number of carbonyl (C=O) groups excluding carboxylic acids is 2. The van der Waals surface area contributed by atoms with Crippen molar-refractivity contribution in [1.29, 1.82) is 0 Å². The van der Waals surface area contributed by atoms with Crippen LogP contribution in [-0.2, 0) is 16.1 Å². The lowest BCUT2D eigenvalue weighted by Crippen LogP contribution is -2.43. The smallest absolute Gasteiger partial charge is 0.409 e. The molecule has 1 aromatic rings. The van der Waals surface area contributed by atoms with Gasteiger partial charge in [0.1, 0.15) is 6.54 Å². The van der Waals surface area contributed by atoms with Crippen molar-refractivity contribution in [3.05, 3.63) is 18.0 Å². The number of halogens is 1. The first-order valence-electron chi connectivity index (χ1n) is 8.65. The van der Waals surface area contributed by atoms with Crippen LogP contribution in [0.5, 0.6) is 0 Å². The largest absolute Gasteiger partial charge is 0.449 e. The van der Waals surface area contributed by atoms with Gasteiger partial charge in [0.15, 0.2) is 0 Å². The molecule has 2 aliphatic rings. The third-order valence-electron chi connectivity index (χ3n) is 4.52. The van der Waals surface area contributed by atoms with Crippen molar-refractivity contribution in [1.82, 2.24) is 25.3 Å². The molecule has 0 aliphatic carbocycles. The minimum atomic E-state index is -0.297. The fourth-order valence-electron chi connectivity index (χ4n) is 3.25. The summed E-state index contributed by atoms with van der Waals surface area (Å²) in [5, 5.41) is 10.5. The summed E-state index contributed by atoms with van der Waals surface area (Å²) in [6, 6.07) is 1.99. The molecule has 0 radical (unpaired) electrons. The molecule has 3 heterocycles. The third kappa shape index (κ3) is 5.34. The molecule has 2 saturated heterocycles. The molecule has 0 aromatic carbocycles. The molecule has 2 N–H and O–H groups in total. The molecule has 2 fully saturated rings. The Morgan fingerprint density at radius 1 is 1.44 bits per heavy atom. The Morgan fingerprint density at radius 2 is 2.32 bits per heavy atom. The van der Waals surface area contributed by atoms with E-state index in [1.54, 1.807) is 15.8 Å². The molecule has 25 heavy (non-hydrogen) atoms. The Bertz CT molecular complexity index is 574. The van der Waals surface area contributed by atoms with Crippen LogP contribution in [0.4, 0.5) is 4.79 Å². The highest BCUT2D eigenvalue weighted by Crippen LogP contribution is 2.22. The van der Waals surface area contributed by atoms with Gasteiger partial charge in [0.25, 0.3) is 0 Å². The standard InChI is InChI=1S/C16H25N5O3.ClH/c22-15(18-7-9-20-8-2-10-24-16(20)23)12-21-14(4-6-19-21)13-3-1-5-17-11-13;/h4,6,13,17H,1-3,5,7-12H2,(H,18,22);1H. The summed E-state index contributed by atoms with van der Waals surface area (Å²) in [4.78, 5) is 25.3. The number of aromatic nitrogens is 2. The van der Waals surface area contributed by atoms with Crippen molar-refractivity contribution in [3.63, 3.8) is 0 Å². The number of piperidine rings is 1. The highest BCUT2D eigenvalue weighted by Gasteiger charge is 2.21. The highest BCUT2D eigenvalue weighted by atomic mass is 35.5. The zero-order chi connectivity index (χ0) is 16.8. The molecule has 2 aliphatic heterocycles. The summed E-state index contributed by atoms with van der Waals surface area (Å²) < 4.78 is 6.75. The van der Waals surface area contributed by atoms with E-state index in [4.69, 9.17) is 4.74 Å². The fraction of sp³-hybridized carbons (Fsp3) is 0.688. The highest BCUT2D eigenvalue weighted by molar-refractivity contribution is 5.85. The van der Waals surface area contributed by atoms with Crippen LogP contribution in [-0.4, -0.2) is 66.0 Å². The van der Waals surface area contributed by atoms with Crippen LogP contribution >= 0.6 is 12.4 Å². The lowest BCUT2D eigenvalue weighted by atomic mass is 9.96. The molecule has 2 amide bonds. The predicted molar refractivity (Wildman–Crippen MR) is 94.9 cm³/mol. The lowest BCUT2D eigenvalue weighted by molar-refractivity contribution is -0.121. The molecule has 8 nitrogen and oxygen atoms in total. The molecule has 1 aromatic heterocycles. The summed E-state index contributed by atoms with van der Waals surface area (Å²) in [7, 11) is 0. The van der Waals surface area contributed by atoms with E-state index in [1.807, 2.05) is 6.07 Å². The van der Waals surface area contributed by atoms with E-state index in [2.05, 4.69) is 15.7 Å². The van der Waals surface area contributed by atoms with Gasteiger partial charge in [-0.05, 0) is 31.9 Å². The maximum Gasteiger partial charge on any atom is 0.409 e. The molecule has 1 unspecified atom stereocenters. The first kappa shape index (κ1) is 19.5. The molecule has 0 bridgehead atoms. The van der Waals surface area contributed by atoms with Crippen LogP contribution in [0, 0.1) is 0 Å². The topological polar surface area (TPSA) is 88.5 Å². The van der Waals surface area contributed by atoms with E-state index in [-0.39, 0.29) is 31.0 Å². The monoisotopic (exact) mass is 371 g/mol. The Morgan fingerprint density at radius 3 is 3.08 bits per heavy atom. The second-order valence-corrected chi connectivity index (χ2v) is 6.26. The molecule has 140 valence electrons. The minimum absolute atomic E-state index is 0. The van der Waals surface area contributed by atoms with Crippen molar-refractivity contribution in [3.8, 4) is 0 Å². The van der Waals surface area contributed by atoms with Crippen molar-refractivity contribution < 1.29 is 14.3 Å². The van der Waals surface area contributed by atoms with Crippen molar-refractivity contribution in [2.24, 2.45) is 0 Å². The molecule has 1 atom stereocenters. The van der Waals surface area contributed by atoms with E-state index >= 15 is 0 Å². The lowest BCUT2D eigenvalue weighted by Gasteiger charge is -2.26. The number of ether oxygens (including phenoxy) is 1. The quantitative estimate of drug-likeness (QED) is 0.769. The predicted octanol–water partition coefficient (Wildman–Crippen LogP) is 0.730. The zero-order valence-electron chi connectivity index (χ0n) is 14.3. The van der Waals surface area contributed by atoms with E-state index in [1.165, 1.54) is 0 Å². The van der Waals surface area contributed by atoms with E-state index in [0.29, 0.717) is 32.2 Å². The average molecular weight is 372 g/mol. The summed E-state index contributed by atoms with van der Waals surface area (Å²) >= 11 is 0. The molecule has 0 spiro atoms. The van der Waals surface area contributed by atoms with Gasteiger partial charge >= 0.3 is 6.09 Å². The number of hydrogen-bond donors (Lipinski definition) is 2. The van der Waals surface area contributed by atoms with Crippen LogP contribution in [0.3, 0.4) is 0 Å². The second kappa shape index (κ2) is 9.62. The van der Waals surface area contributed by atoms with Crippen LogP contribution in [0.15, 0.2) is 12.3 Å². The Balaban J connectivity index is 0.00000225. The fourth-order valence-corrected chi connectivity index (χ4v) is 3.25. The minimum Gasteiger partial charge on any atom is -0.449 e. The number of hydrogen-bond acceptors (Lipinski definition) is 5. The summed E-state index contributed by atoms with van der Waals surface area (Å²) in [6.45, 7) is 4.28. The first-order chi connectivity index (χ1) is 11.7. The van der Waals surface area contributed by atoms with Crippen molar-refractivity contribution in [2.45, 2.75) is 31.7 Å². The third-order valence-corrected chi connectivity index (χ3v) is 4.52. The maximum absolute atomic E-state index is 12.1. The summed E-state index contributed by atoms with van der Waals surface area (Å²) in [5.74, 6) is 0.325. The van der Waals surface area contributed by atoms with Gasteiger partial charge in [0.2, 0.25) is 5.91 Å². The van der Waals surface area contributed by atoms with Crippen LogP contribution < -0.4 is 10.6 Å². The number of amides is 2. The summed E-state index contributed by atoms with van der Waals surface area (Å²) in [6.07, 6.45) is 4.56. The van der Waals surface area contributed by atoms with Gasteiger partial charge in [-0.3, -0.25) is 9.48 Å². The van der Waals surface area contributed by atoms with E-state index in [0.717, 1.165) is 38.0 Å². The van der Waals surface area contributed by atoms with Gasteiger partial charge in [-0.15, -0.1) is 12.4 Å². The van der Waals surface area contributed by atoms with Crippen molar-refractivity contribution in [2.75, 3.05) is 39.3 Å². The Hall–Kier alpha value is -1.80. The van der Waals surface area contributed by atoms with Gasteiger partial charge in [-0.1, -0.05) is 0 Å². The number of rotatable bonds is 6. The average Bonchev–Trinajstić information content (AvgIpc) is 3.05. The number of nitrogens with zero attached hydrogens (tertiary/aromatic N) is 3. The zero-order valence-corrected chi connectivity index (χ0v) is 15.1. The van der Waals surface area contributed by atoms with Gasteiger partial charge < -0.3 is 20.3 Å². The first-order valence-corrected chi connectivity index (χ1v) is 8.65. The SMILES string of the molecule is Cl.O=C(Cn1nccc1C1CCCNC1)NCCN1CCCOC1=O. The molecule has 9 heteroatoms. The van der Waals surface area contributed by atoms with Crippen LogP contribution in [0.1, 0.15) is 30.9 Å². The Labute approximate surface area is 153 Å². The van der Waals surface area contributed by atoms with Gasteiger partial charge in [0, 0.05) is 44.0 Å². The number of nitrogens with one attached hydrogen (secondary N) is 2. The normalized spacial score (nSPS) is 20.6. The molecule has 3 rings (SSSR count). The van der Waals surface area contributed by atoms with Gasteiger partial charge in [0.05, 0.1) is 6.61 Å². The Kier molecular flexibility index (Phi) is 7.52. The number of carbonyl (C=O) groups is 2. The molecular formula is C16H26ClN5O3. The van der Waals surface area contributed by atoms with Crippen molar-refractivity contribution >= 4 is 24.4 Å². The van der Waals surface area contributed by atoms with Gasteiger partial charge in [-0.25, -0.2) is 4.79 Å². The van der Waals surface area contributed by atoms with Gasteiger partial charge in [-0.2, -0.15) is 5.10 Å². The maximum atomic E-state index is 12.1. The van der Waals surface area contributed by atoms with Crippen LogP contribution in [0.2, 0.25) is 0 Å². The van der Waals surface area contributed by atoms with E-state index in [9.17, 15) is 9.59 Å². The summed E-state index contributed by atoms with van der Waals surface area (Å²) in [5.41, 5.74) is 1.11. The second-order valence-electron chi connectivity index (χ2n) is 6.26. The number of cyclic esters (lactones) is 1.